The molecule has 0 bridgehead atoms. The number of aromatic nitrogens is 2. The molecule has 1 saturated heterocycles. The average molecular weight is 423 g/mol. The summed E-state index contributed by atoms with van der Waals surface area (Å²) in [5.74, 6) is 0.0347. The van der Waals surface area contributed by atoms with Gasteiger partial charge in [-0.1, -0.05) is 30.3 Å². The van der Waals surface area contributed by atoms with E-state index in [9.17, 15) is 13.2 Å². The Morgan fingerprint density at radius 1 is 1.00 bits per heavy atom. The fourth-order valence-electron chi connectivity index (χ4n) is 3.57. The maximum Gasteiger partial charge on any atom is 0.275 e. The highest BCUT2D eigenvalue weighted by Gasteiger charge is 2.31. The summed E-state index contributed by atoms with van der Waals surface area (Å²) in [5.41, 5.74) is 0.998. The van der Waals surface area contributed by atoms with Crippen LogP contribution in [0.15, 0.2) is 77.8 Å². The summed E-state index contributed by atoms with van der Waals surface area (Å²) >= 11 is 0. The molecule has 8 heteroatoms. The second kappa shape index (κ2) is 8.73. The summed E-state index contributed by atoms with van der Waals surface area (Å²) in [4.78, 5) is 21.4. The Kier molecular flexibility index (Phi) is 5.87. The zero-order valence-electron chi connectivity index (χ0n) is 16.3. The van der Waals surface area contributed by atoms with Crippen molar-refractivity contribution in [2.24, 2.45) is 0 Å². The Morgan fingerprint density at radius 2 is 1.80 bits per heavy atom. The minimum Gasteiger partial charge on any atom is -0.305 e. The van der Waals surface area contributed by atoms with Crippen molar-refractivity contribution in [3.63, 3.8) is 0 Å². The van der Waals surface area contributed by atoms with Crippen LogP contribution in [0, 0.1) is 0 Å². The molecule has 0 saturated carbocycles. The molecule has 0 unspecified atom stereocenters. The molecule has 3 heterocycles. The summed E-state index contributed by atoms with van der Waals surface area (Å²) in [6, 6.07) is 19.0. The number of sulfonamides is 1. The molecule has 1 aliphatic heterocycles. The highest BCUT2D eigenvalue weighted by Crippen LogP contribution is 2.29. The SMILES string of the molecule is O=C(Nc1ccccn1)c1cccc([C@H]2CCCN(S(=O)(=O)c3ccccc3)C2)n1. The largest absolute Gasteiger partial charge is 0.305 e. The number of nitrogens with one attached hydrogen (secondary N) is 1. The minimum absolute atomic E-state index is 0.0696. The van der Waals surface area contributed by atoms with Crippen LogP contribution >= 0.6 is 0 Å². The molecule has 2 aromatic heterocycles. The first-order valence-corrected chi connectivity index (χ1v) is 11.2. The molecule has 1 aliphatic rings. The third kappa shape index (κ3) is 4.39. The van der Waals surface area contributed by atoms with Crippen LogP contribution in [0.5, 0.6) is 0 Å². The van der Waals surface area contributed by atoms with Crippen molar-refractivity contribution in [3.8, 4) is 0 Å². The van der Waals surface area contributed by atoms with Crippen LogP contribution in [0.2, 0.25) is 0 Å². The summed E-state index contributed by atoms with van der Waals surface area (Å²) in [6.45, 7) is 0.823. The molecule has 0 spiro atoms. The van der Waals surface area contributed by atoms with Crippen molar-refractivity contribution in [1.82, 2.24) is 14.3 Å². The van der Waals surface area contributed by atoms with Crippen molar-refractivity contribution in [2.75, 3.05) is 18.4 Å². The van der Waals surface area contributed by atoms with Crippen LogP contribution in [-0.4, -0.2) is 41.7 Å². The van der Waals surface area contributed by atoms with Gasteiger partial charge in [-0.2, -0.15) is 4.31 Å². The number of amides is 1. The summed E-state index contributed by atoms with van der Waals surface area (Å²) in [5, 5.41) is 2.72. The molecule has 1 aromatic carbocycles. The van der Waals surface area contributed by atoms with E-state index >= 15 is 0 Å². The van der Waals surface area contributed by atoms with Crippen LogP contribution < -0.4 is 5.32 Å². The molecule has 0 aliphatic carbocycles. The van der Waals surface area contributed by atoms with Gasteiger partial charge in [0, 0.05) is 30.9 Å². The van der Waals surface area contributed by atoms with Gasteiger partial charge >= 0.3 is 0 Å². The number of carbonyl (C=O) groups is 1. The Hall–Kier alpha value is -3.10. The van der Waals surface area contributed by atoms with Gasteiger partial charge < -0.3 is 5.32 Å². The highest BCUT2D eigenvalue weighted by molar-refractivity contribution is 7.89. The van der Waals surface area contributed by atoms with Gasteiger partial charge in [0.05, 0.1) is 4.90 Å². The first-order chi connectivity index (χ1) is 14.5. The number of nitrogens with zero attached hydrogens (tertiary/aromatic N) is 3. The molecule has 1 atom stereocenters. The predicted molar refractivity (Wildman–Crippen MR) is 114 cm³/mol. The van der Waals surface area contributed by atoms with E-state index in [2.05, 4.69) is 15.3 Å². The third-order valence-electron chi connectivity index (χ3n) is 5.09. The topological polar surface area (TPSA) is 92.3 Å². The van der Waals surface area contributed by atoms with E-state index in [1.54, 1.807) is 66.9 Å². The summed E-state index contributed by atoms with van der Waals surface area (Å²) < 4.78 is 27.5. The van der Waals surface area contributed by atoms with Gasteiger partial charge in [0.15, 0.2) is 0 Å². The van der Waals surface area contributed by atoms with E-state index in [4.69, 9.17) is 0 Å². The van der Waals surface area contributed by atoms with E-state index < -0.39 is 10.0 Å². The summed E-state index contributed by atoms with van der Waals surface area (Å²) in [6.07, 6.45) is 3.16. The monoisotopic (exact) mass is 422 g/mol. The van der Waals surface area contributed by atoms with Gasteiger partial charge in [0.2, 0.25) is 10.0 Å². The van der Waals surface area contributed by atoms with Crippen LogP contribution in [0.4, 0.5) is 5.82 Å². The lowest BCUT2D eigenvalue weighted by Gasteiger charge is -2.31. The number of benzene rings is 1. The minimum atomic E-state index is -3.55. The maximum atomic E-state index is 13.0. The van der Waals surface area contributed by atoms with Crippen molar-refractivity contribution < 1.29 is 13.2 Å². The molecule has 7 nitrogen and oxygen atoms in total. The van der Waals surface area contributed by atoms with Gasteiger partial charge in [-0.05, 0) is 49.2 Å². The Balaban J connectivity index is 1.51. The molecule has 0 radical (unpaired) electrons. The van der Waals surface area contributed by atoms with Crippen LogP contribution in [0.1, 0.15) is 34.9 Å². The van der Waals surface area contributed by atoms with Crippen molar-refractivity contribution in [3.05, 3.63) is 84.3 Å². The van der Waals surface area contributed by atoms with E-state index in [1.165, 1.54) is 4.31 Å². The Labute approximate surface area is 175 Å². The number of rotatable bonds is 5. The van der Waals surface area contributed by atoms with Crippen LogP contribution in [-0.2, 0) is 10.0 Å². The van der Waals surface area contributed by atoms with Crippen molar-refractivity contribution >= 4 is 21.7 Å². The molecule has 1 amide bonds. The van der Waals surface area contributed by atoms with E-state index in [0.29, 0.717) is 23.8 Å². The van der Waals surface area contributed by atoms with Gasteiger partial charge in [-0.25, -0.2) is 18.4 Å². The van der Waals surface area contributed by atoms with Gasteiger partial charge in [0.1, 0.15) is 11.5 Å². The third-order valence-corrected chi connectivity index (χ3v) is 6.97. The first kappa shape index (κ1) is 20.2. The lowest BCUT2D eigenvalue weighted by Crippen LogP contribution is -2.39. The quantitative estimate of drug-likeness (QED) is 0.681. The van der Waals surface area contributed by atoms with E-state index in [1.807, 2.05) is 6.07 Å². The predicted octanol–water partition coefficient (Wildman–Crippen LogP) is 3.30. The average Bonchev–Trinajstić information content (AvgIpc) is 2.80. The van der Waals surface area contributed by atoms with Crippen LogP contribution in [0.25, 0.3) is 0 Å². The van der Waals surface area contributed by atoms with Gasteiger partial charge in [-0.15, -0.1) is 0 Å². The second-order valence-corrected chi connectivity index (χ2v) is 9.07. The number of hydrogen-bond acceptors (Lipinski definition) is 5. The molecule has 4 rings (SSSR count). The zero-order chi connectivity index (χ0) is 21.0. The molecule has 1 N–H and O–H groups in total. The summed E-state index contributed by atoms with van der Waals surface area (Å²) in [7, 11) is -3.55. The standard InChI is InChI=1S/C22H22N4O3S/c27-22(25-21-13-4-5-14-23-21)20-12-6-11-19(24-20)17-8-7-15-26(16-17)30(28,29)18-9-2-1-3-10-18/h1-6,9-14,17H,7-8,15-16H2,(H,23,25,27)/t17-/m0/s1. The smallest absolute Gasteiger partial charge is 0.275 e. The molecule has 1 fully saturated rings. The number of piperidine rings is 1. The second-order valence-electron chi connectivity index (χ2n) is 7.13. The molecule has 30 heavy (non-hydrogen) atoms. The number of anilines is 1. The first-order valence-electron chi connectivity index (χ1n) is 9.78. The van der Waals surface area contributed by atoms with Crippen molar-refractivity contribution in [1.29, 1.82) is 0 Å². The normalized spacial score (nSPS) is 17.4. The molecule has 3 aromatic rings. The molecule has 154 valence electrons. The van der Waals surface area contributed by atoms with Gasteiger partial charge in [0.25, 0.3) is 5.91 Å². The maximum absolute atomic E-state index is 13.0. The van der Waals surface area contributed by atoms with E-state index in [-0.39, 0.29) is 17.5 Å². The lowest BCUT2D eigenvalue weighted by molar-refractivity contribution is 0.102. The molecular weight excluding hydrogens is 400 g/mol. The van der Waals surface area contributed by atoms with Crippen LogP contribution in [0.3, 0.4) is 0 Å². The molecular formula is C22H22N4O3S. The zero-order valence-corrected chi connectivity index (χ0v) is 17.1. The fraction of sp³-hybridized carbons (Fsp3) is 0.227. The number of carbonyl (C=O) groups excluding carboxylic acids is 1. The number of pyridine rings is 2. The van der Waals surface area contributed by atoms with Gasteiger partial charge in [-0.3, -0.25) is 4.79 Å². The lowest BCUT2D eigenvalue weighted by atomic mass is 9.95. The van der Waals surface area contributed by atoms with E-state index in [0.717, 1.165) is 18.5 Å². The fourth-order valence-corrected chi connectivity index (χ4v) is 5.11. The Bertz CT molecular complexity index is 1120. The van der Waals surface area contributed by atoms with Crippen molar-refractivity contribution in [2.45, 2.75) is 23.7 Å². The number of hydrogen-bond donors (Lipinski definition) is 1. The Morgan fingerprint density at radius 3 is 2.57 bits per heavy atom. The highest BCUT2D eigenvalue weighted by atomic mass is 32.2.